The largest absolute Gasteiger partial charge is 0.481 e. The zero-order chi connectivity index (χ0) is 11.4. The number of hydrogen-bond acceptors (Lipinski definition) is 4. The second kappa shape index (κ2) is 4.50. The fourth-order valence-electron chi connectivity index (χ4n) is 2.07. The van der Waals surface area contributed by atoms with E-state index in [2.05, 4.69) is 16.4 Å². The Labute approximate surface area is 95.3 Å². The molecular weight excluding hydrogens is 202 g/mol. The predicted octanol–water partition coefficient (Wildman–Crippen LogP) is 1.23. The standard InChI is InChI=1S/C12H15N3O/c1-16-11-4-2-3-10(15-11)12(9-13)5-7-14-8-6-12/h2-4,14H,5-8H2,1H3. The summed E-state index contributed by atoms with van der Waals surface area (Å²) in [6.07, 6.45) is 1.62. The third-order valence-corrected chi connectivity index (χ3v) is 3.09. The van der Waals surface area contributed by atoms with Crippen LogP contribution in [-0.2, 0) is 5.41 Å². The van der Waals surface area contributed by atoms with Gasteiger partial charge in [0.05, 0.1) is 18.9 Å². The first-order valence-electron chi connectivity index (χ1n) is 5.44. The first kappa shape index (κ1) is 10.9. The lowest BCUT2D eigenvalue weighted by Gasteiger charge is -2.30. The van der Waals surface area contributed by atoms with Crippen molar-refractivity contribution in [2.45, 2.75) is 18.3 Å². The van der Waals surface area contributed by atoms with Gasteiger partial charge in [0, 0.05) is 6.07 Å². The Kier molecular flexibility index (Phi) is 3.07. The van der Waals surface area contributed by atoms with Crippen molar-refractivity contribution in [2.24, 2.45) is 0 Å². The van der Waals surface area contributed by atoms with Crippen LogP contribution in [-0.4, -0.2) is 25.2 Å². The Morgan fingerprint density at radius 3 is 2.81 bits per heavy atom. The van der Waals surface area contributed by atoms with Gasteiger partial charge in [-0.3, -0.25) is 0 Å². The second-order valence-corrected chi connectivity index (χ2v) is 4.01. The minimum absolute atomic E-state index is 0.445. The fourth-order valence-corrected chi connectivity index (χ4v) is 2.07. The first-order valence-corrected chi connectivity index (χ1v) is 5.44. The molecule has 1 fully saturated rings. The minimum atomic E-state index is -0.445. The van der Waals surface area contributed by atoms with Crippen molar-refractivity contribution in [1.82, 2.24) is 10.3 Å². The molecule has 0 aliphatic carbocycles. The number of methoxy groups -OCH3 is 1. The van der Waals surface area contributed by atoms with Gasteiger partial charge in [0.2, 0.25) is 5.88 Å². The maximum absolute atomic E-state index is 9.40. The maximum atomic E-state index is 9.40. The van der Waals surface area contributed by atoms with E-state index in [1.807, 2.05) is 12.1 Å². The third kappa shape index (κ3) is 1.86. The molecule has 1 aliphatic heterocycles. The van der Waals surface area contributed by atoms with E-state index in [9.17, 15) is 5.26 Å². The van der Waals surface area contributed by atoms with Crippen LogP contribution in [0.5, 0.6) is 5.88 Å². The summed E-state index contributed by atoms with van der Waals surface area (Å²) in [5.74, 6) is 0.575. The number of hydrogen-bond donors (Lipinski definition) is 1. The number of rotatable bonds is 2. The van der Waals surface area contributed by atoms with Crippen LogP contribution in [0.3, 0.4) is 0 Å². The summed E-state index contributed by atoms with van der Waals surface area (Å²) in [5.41, 5.74) is 0.385. The zero-order valence-corrected chi connectivity index (χ0v) is 9.36. The monoisotopic (exact) mass is 217 g/mol. The molecule has 1 aromatic rings. The number of pyridine rings is 1. The lowest BCUT2D eigenvalue weighted by atomic mass is 9.77. The molecule has 1 saturated heterocycles. The van der Waals surface area contributed by atoms with Crippen LogP contribution < -0.4 is 10.1 Å². The average Bonchev–Trinajstić information content (AvgIpc) is 2.39. The molecule has 0 bridgehead atoms. The molecule has 0 saturated carbocycles. The number of aromatic nitrogens is 1. The molecule has 0 aromatic carbocycles. The first-order chi connectivity index (χ1) is 7.80. The van der Waals surface area contributed by atoms with E-state index in [0.29, 0.717) is 5.88 Å². The van der Waals surface area contributed by atoms with E-state index >= 15 is 0 Å². The lowest BCUT2D eigenvalue weighted by Crippen LogP contribution is -2.39. The molecule has 84 valence electrons. The summed E-state index contributed by atoms with van der Waals surface area (Å²) < 4.78 is 5.10. The van der Waals surface area contributed by atoms with Gasteiger partial charge in [-0.25, -0.2) is 4.98 Å². The second-order valence-electron chi connectivity index (χ2n) is 4.01. The zero-order valence-electron chi connectivity index (χ0n) is 9.36. The van der Waals surface area contributed by atoms with Crippen molar-refractivity contribution in [1.29, 1.82) is 5.26 Å². The van der Waals surface area contributed by atoms with Crippen LogP contribution in [0.2, 0.25) is 0 Å². The SMILES string of the molecule is COc1cccc(C2(C#N)CCNCC2)n1. The Balaban J connectivity index is 2.36. The molecule has 0 amide bonds. The highest BCUT2D eigenvalue weighted by Gasteiger charge is 2.35. The molecule has 1 N–H and O–H groups in total. The normalized spacial score (nSPS) is 18.8. The van der Waals surface area contributed by atoms with E-state index in [1.165, 1.54) is 0 Å². The topological polar surface area (TPSA) is 57.9 Å². The summed E-state index contributed by atoms with van der Waals surface area (Å²) in [4.78, 5) is 4.39. The molecule has 0 spiro atoms. The molecule has 1 aliphatic rings. The van der Waals surface area contributed by atoms with E-state index in [-0.39, 0.29) is 0 Å². The highest BCUT2D eigenvalue weighted by atomic mass is 16.5. The van der Waals surface area contributed by atoms with E-state index in [4.69, 9.17) is 4.74 Å². The Bertz CT molecular complexity index is 405. The molecule has 0 unspecified atom stereocenters. The summed E-state index contributed by atoms with van der Waals surface area (Å²) in [7, 11) is 1.59. The number of ether oxygens (including phenoxy) is 1. The number of nitrogens with one attached hydrogen (secondary N) is 1. The van der Waals surface area contributed by atoms with Crippen molar-refractivity contribution in [2.75, 3.05) is 20.2 Å². The van der Waals surface area contributed by atoms with Crippen molar-refractivity contribution < 1.29 is 4.74 Å². The van der Waals surface area contributed by atoms with Crippen molar-refractivity contribution in [3.8, 4) is 11.9 Å². The molecular formula is C12H15N3O. The van der Waals surface area contributed by atoms with Gasteiger partial charge < -0.3 is 10.1 Å². The number of nitriles is 1. The Morgan fingerprint density at radius 1 is 1.44 bits per heavy atom. The van der Waals surface area contributed by atoms with Crippen LogP contribution in [0, 0.1) is 11.3 Å². The number of piperidine rings is 1. The Hall–Kier alpha value is -1.60. The van der Waals surface area contributed by atoms with E-state index < -0.39 is 5.41 Å². The van der Waals surface area contributed by atoms with Crippen LogP contribution in [0.4, 0.5) is 0 Å². The maximum Gasteiger partial charge on any atom is 0.213 e. The van der Waals surface area contributed by atoms with Gasteiger partial charge in [-0.15, -0.1) is 0 Å². The van der Waals surface area contributed by atoms with Crippen molar-refractivity contribution in [3.63, 3.8) is 0 Å². The van der Waals surface area contributed by atoms with Gasteiger partial charge in [-0.2, -0.15) is 5.26 Å². The van der Waals surface area contributed by atoms with Crippen LogP contribution in [0.15, 0.2) is 18.2 Å². The molecule has 2 rings (SSSR count). The smallest absolute Gasteiger partial charge is 0.213 e. The van der Waals surface area contributed by atoms with Gasteiger partial charge in [0.15, 0.2) is 0 Å². The van der Waals surface area contributed by atoms with Gasteiger partial charge in [0.1, 0.15) is 5.41 Å². The molecule has 2 heterocycles. The predicted molar refractivity (Wildman–Crippen MR) is 60.2 cm³/mol. The van der Waals surface area contributed by atoms with Gasteiger partial charge in [0.25, 0.3) is 0 Å². The third-order valence-electron chi connectivity index (χ3n) is 3.09. The molecule has 1 aromatic heterocycles. The highest BCUT2D eigenvalue weighted by molar-refractivity contribution is 5.30. The molecule has 16 heavy (non-hydrogen) atoms. The van der Waals surface area contributed by atoms with Crippen molar-refractivity contribution >= 4 is 0 Å². The fraction of sp³-hybridized carbons (Fsp3) is 0.500. The van der Waals surface area contributed by atoms with Gasteiger partial charge in [-0.1, -0.05) is 6.07 Å². The van der Waals surface area contributed by atoms with E-state index in [0.717, 1.165) is 31.6 Å². The van der Waals surface area contributed by atoms with Gasteiger partial charge >= 0.3 is 0 Å². The lowest BCUT2D eigenvalue weighted by molar-refractivity contribution is 0.360. The minimum Gasteiger partial charge on any atom is -0.481 e. The molecule has 0 radical (unpaired) electrons. The summed E-state index contributed by atoms with van der Waals surface area (Å²) >= 11 is 0. The number of nitrogens with zero attached hydrogens (tertiary/aromatic N) is 2. The van der Waals surface area contributed by atoms with E-state index in [1.54, 1.807) is 13.2 Å². The average molecular weight is 217 g/mol. The summed E-state index contributed by atoms with van der Waals surface area (Å²) in [5, 5.41) is 12.7. The van der Waals surface area contributed by atoms with Gasteiger partial charge in [-0.05, 0) is 32.0 Å². The summed E-state index contributed by atoms with van der Waals surface area (Å²) in [6, 6.07) is 8.03. The Morgan fingerprint density at radius 2 is 2.19 bits per heavy atom. The van der Waals surface area contributed by atoms with Crippen LogP contribution in [0.25, 0.3) is 0 Å². The molecule has 4 nitrogen and oxygen atoms in total. The van der Waals surface area contributed by atoms with Crippen LogP contribution >= 0.6 is 0 Å². The quantitative estimate of drug-likeness (QED) is 0.809. The highest BCUT2D eigenvalue weighted by Crippen LogP contribution is 2.32. The molecule has 4 heteroatoms. The molecule has 0 atom stereocenters. The summed E-state index contributed by atoms with van der Waals surface area (Å²) in [6.45, 7) is 1.74. The van der Waals surface area contributed by atoms with Crippen molar-refractivity contribution in [3.05, 3.63) is 23.9 Å². The van der Waals surface area contributed by atoms with Crippen LogP contribution in [0.1, 0.15) is 18.5 Å².